The van der Waals surface area contributed by atoms with Crippen LogP contribution in [0.1, 0.15) is 22.9 Å². The van der Waals surface area contributed by atoms with Crippen molar-refractivity contribution in [1.82, 2.24) is 10.2 Å². The summed E-state index contributed by atoms with van der Waals surface area (Å²) in [5.41, 5.74) is 1.86. The lowest BCUT2D eigenvalue weighted by Gasteiger charge is -2.39. The largest absolute Gasteiger partial charge is 0.480 e. The van der Waals surface area contributed by atoms with Crippen LogP contribution in [0.4, 0.5) is 0 Å². The molecule has 2 aromatic carbocycles. The lowest BCUT2D eigenvalue weighted by atomic mass is 10.0. The molecule has 3 atom stereocenters. The topological polar surface area (TPSA) is 107 Å². The van der Waals surface area contributed by atoms with Gasteiger partial charge in [0.1, 0.15) is 18.0 Å². The van der Waals surface area contributed by atoms with Crippen molar-refractivity contribution in [1.29, 1.82) is 0 Å². The van der Waals surface area contributed by atoms with Gasteiger partial charge < -0.3 is 15.1 Å². The van der Waals surface area contributed by atoms with Gasteiger partial charge >= 0.3 is 11.9 Å². The smallest absolute Gasteiger partial charge is 0.323 e. The third kappa shape index (κ3) is 5.61. The van der Waals surface area contributed by atoms with Crippen LogP contribution >= 0.6 is 11.8 Å². The summed E-state index contributed by atoms with van der Waals surface area (Å²) in [6.45, 7) is -0.439. The second-order valence-corrected chi connectivity index (χ2v) is 8.20. The first-order valence-electron chi connectivity index (χ1n) is 9.67. The number of benzene rings is 2. The molecule has 0 radical (unpaired) electrons. The minimum atomic E-state index is -1.11. The van der Waals surface area contributed by atoms with Crippen molar-refractivity contribution in [2.75, 3.05) is 12.3 Å². The van der Waals surface area contributed by atoms with Crippen molar-refractivity contribution in [2.24, 2.45) is 0 Å². The van der Waals surface area contributed by atoms with Gasteiger partial charge in [0.25, 0.3) is 0 Å². The summed E-state index contributed by atoms with van der Waals surface area (Å²) in [6, 6.07) is 17.1. The Morgan fingerprint density at radius 1 is 1.07 bits per heavy atom. The molecule has 0 aromatic heterocycles. The fraction of sp³-hybridized carbons (Fsp3) is 0.318. The number of aryl methyl sites for hydroxylation is 1. The molecule has 2 unspecified atom stereocenters. The number of carboxylic acid groups (broad SMARTS) is 2. The van der Waals surface area contributed by atoms with E-state index in [9.17, 15) is 24.6 Å². The predicted octanol–water partition coefficient (Wildman–Crippen LogP) is 2.39. The van der Waals surface area contributed by atoms with Gasteiger partial charge in [-0.3, -0.25) is 19.7 Å². The van der Waals surface area contributed by atoms with Gasteiger partial charge in [-0.05, 0) is 24.0 Å². The predicted molar refractivity (Wildman–Crippen MR) is 114 cm³/mol. The lowest BCUT2D eigenvalue weighted by Crippen LogP contribution is -2.57. The number of carboxylic acids is 2. The van der Waals surface area contributed by atoms with Gasteiger partial charge in [0.15, 0.2) is 0 Å². The summed E-state index contributed by atoms with van der Waals surface area (Å²) >= 11 is 1.43. The second-order valence-electron chi connectivity index (χ2n) is 7.09. The zero-order valence-electron chi connectivity index (χ0n) is 16.3. The van der Waals surface area contributed by atoms with Gasteiger partial charge in [0.05, 0.1) is 6.04 Å². The lowest BCUT2D eigenvalue weighted by molar-refractivity contribution is -0.147. The molecule has 1 heterocycles. The molecule has 1 aliphatic rings. The number of aliphatic carboxylic acids is 2. The molecule has 0 bridgehead atoms. The highest BCUT2D eigenvalue weighted by Crippen LogP contribution is 2.37. The molecule has 158 valence electrons. The van der Waals surface area contributed by atoms with Crippen molar-refractivity contribution < 1.29 is 24.6 Å². The number of nitrogens with one attached hydrogen (secondary N) is 1. The van der Waals surface area contributed by atoms with Crippen molar-refractivity contribution in [2.45, 2.75) is 30.3 Å². The van der Waals surface area contributed by atoms with Crippen LogP contribution in [-0.4, -0.2) is 57.3 Å². The van der Waals surface area contributed by atoms with E-state index in [1.807, 2.05) is 60.7 Å². The second kappa shape index (κ2) is 10.3. The molecule has 3 N–H and O–H groups in total. The Hall–Kier alpha value is -2.84. The van der Waals surface area contributed by atoms with Crippen LogP contribution < -0.4 is 5.32 Å². The molecule has 1 amide bonds. The number of hydrogen-bond donors (Lipinski definition) is 3. The average Bonchev–Trinajstić information content (AvgIpc) is 2.74. The Morgan fingerprint density at radius 3 is 2.30 bits per heavy atom. The monoisotopic (exact) mass is 428 g/mol. The summed E-state index contributed by atoms with van der Waals surface area (Å²) in [4.78, 5) is 37.5. The van der Waals surface area contributed by atoms with Crippen molar-refractivity contribution in [3.63, 3.8) is 0 Å². The number of carbonyl (C=O) groups is 3. The van der Waals surface area contributed by atoms with E-state index in [4.69, 9.17) is 0 Å². The number of hydrogen-bond acceptors (Lipinski definition) is 5. The molecule has 0 saturated carbocycles. The molecule has 3 rings (SSSR count). The quantitative estimate of drug-likeness (QED) is 0.563. The number of amides is 1. The molecule has 0 spiro atoms. The number of carbonyl (C=O) groups excluding carboxylic acids is 1. The Bertz CT molecular complexity index is 878. The molecule has 1 saturated heterocycles. The summed E-state index contributed by atoms with van der Waals surface area (Å²) in [7, 11) is 0. The van der Waals surface area contributed by atoms with E-state index in [0.29, 0.717) is 18.6 Å². The number of rotatable bonds is 9. The summed E-state index contributed by atoms with van der Waals surface area (Å²) < 4.78 is 0. The Labute approximate surface area is 179 Å². The van der Waals surface area contributed by atoms with E-state index < -0.39 is 41.8 Å². The minimum Gasteiger partial charge on any atom is -0.480 e. The van der Waals surface area contributed by atoms with E-state index in [2.05, 4.69) is 5.32 Å². The third-order valence-corrected chi connectivity index (χ3v) is 6.31. The first kappa shape index (κ1) is 21.9. The molecule has 1 aliphatic heterocycles. The van der Waals surface area contributed by atoms with E-state index in [1.165, 1.54) is 16.7 Å². The van der Waals surface area contributed by atoms with E-state index in [0.717, 1.165) is 11.1 Å². The van der Waals surface area contributed by atoms with E-state index in [-0.39, 0.29) is 0 Å². The van der Waals surface area contributed by atoms with Crippen LogP contribution in [0, 0.1) is 0 Å². The molecule has 30 heavy (non-hydrogen) atoms. The molecular formula is C22H24N2O5S. The summed E-state index contributed by atoms with van der Waals surface area (Å²) in [6.07, 6.45) is 0.888. The molecule has 7 nitrogen and oxygen atoms in total. The highest BCUT2D eigenvalue weighted by molar-refractivity contribution is 7.99. The number of thioether (sulfide) groups is 1. The highest BCUT2D eigenvalue weighted by Gasteiger charge is 2.39. The summed E-state index contributed by atoms with van der Waals surface area (Å²) in [5.74, 6) is -2.16. The van der Waals surface area contributed by atoms with Gasteiger partial charge in [0, 0.05) is 5.75 Å². The standard InChI is InChI=1S/C22H24N2O5S/c25-19(26)13-24-20(27)18(14-30-21(24)16-9-5-2-6-10-16)23-17(22(28)29)12-11-15-7-3-1-4-8-15/h1-10,17-18,21,23H,11-14H2,(H,25,26)(H,28,29)/t17?,18-,21?/m0/s1. The zero-order chi connectivity index (χ0) is 21.5. The zero-order valence-corrected chi connectivity index (χ0v) is 17.1. The van der Waals surface area contributed by atoms with Gasteiger partial charge in [0.2, 0.25) is 5.91 Å². The fourth-order valence-electron chi connectivity index (χ4n) is 3.46. The average molecular weight is 429 g/mol. The maximum Gasteiger partial charge on any atom is 0.323 e. The van der Waals surface area contributed by atoms with Crippen molar-refractivity contribution >= 4 is 29.6 Å². The molecular weight excluding hydrogens is 404 g/mol. The molecule has 8 heteroatoms. The molecule has 1 fully saturated rings. The van der Waals surface area contributed by atoms with Crippen molar-refractivity contribution in [3.8, 4) is 0 Å². The normalized spacial score (nSPS) is 20.0. The number of nitrogens with zero attached hydrogens (tertiary/aromatic N) is 1. The van der Waals surface area contributed by atoms with Crippen LogP contribution in [0.5, 0.6) is 0 Å². The van der Waals surface area contributed by atoms with E-state index >= 15 is 0 Å². The first-order chi connectivity index (χ1) is 14.5. The fourth-order valence-corrected chi connectivity index (χ4v) is 4.78. The Morgan fingerprint density at radius 2 is 1.70 bits per heavy atom. The Kier molecular flexibility index (Phi) is 7.48. The maximum atomic E-state index is 13.1. The summed E-state index contributed by atoms with van der Waals surface area (Å²) in [5, 5.41) is 21.4. The third-order valence-electron chi connectivity index (χ3n) is 4.94. The molecule has 0 aliphatic carbocycles. The highest BCUT2D eigenvalue weighted by atomic mass is 32.2. The van der Waals surface area contributed by atoms with Crippen LogP contribution in [0.25, 0.3) is 0 Å². The minimum absolute atomic E-state index is 0.328. The van der Waals surface area contributed by atoms with Gasteiger partial charge in [-0.2, -0.15) is 0 Å². The SMILES string of the molecule is O=C(O)CN1C(=O)[C@@H](NC(CCc2ccccc2)C(=O)O)CSC1c1ccccc1. The van der Waals surface area contributed by atoms with Crippen LogP contribution in [-0.2, 0) is 20.8 Å². The van der Waals surface area contributed by atoms with Gasteiger partial charge in [-0.1, -0.05) is 60.7 Å². The first-order valence-corrected chi connectivity index (χ1v) is 10.7. The van der Waals surface area contributed by atoms with Gasteiger partial charge in [-0.25, -0.2) is 0 Å². The Balaban J connectivity index is 1.71. The van der Waals surface area contributed by atoms with E-state index in [1.54, 1.807) is 0 Å². The van der Waals surface area contributed by atoms with Crippen LogP contribution in [0.3, 0.4) is 0 Å². The van der Waals surface area contributed by atoms with Crippen molar-refractivity contribution in [3.05, 3.63) is 71.8 Å². The van der Waals surface area contributed by atoms with Crippen LogP contribution in [0.15, 0.2) is 60.7 Å². The van der Waals surface area contributed by atoms with Crippen LogP contribution in [0.2, 0.25) is 0 Å². The van der Waals surface area contributed by atoms with Gasteiger partial charge in [-0.15, -0.1) is 11.8 Å². The molecule has 2 aromatic rings. The maximum absolute atomic E-state index is 13.1.